The quantitative estimate of drug-likeness (QED) is 0.348. The molecule has 2 aliphatic rings. The topological polar surface area (TPSA) is 88.5 Å². The fourth-order valence-electron chi connectivity index (χ4n) is 4.88. The number of rotatable bonds is 10. The summed E-state index contributed by atoms with van der Waals surface area (Å²) in [5, 5.41) is -0.234. The number of hydrogen-bond donors (Lipinski definition) is 1. The van der Waals surface area contributed by atoms with Gasteiger partial charge in [0.1, 0.15) is 12.8 Å². The van der Waals surface area contributed by atoms with E-state index >= 15 is 0 Å². The highest BCUT2D eigenvalue weighted by atomic mass is 28.4. The molecule has 1 saturated heterocycles. The van der Waals surface area contributed by atoms with Crippen molar-refractivity contribution < 1.29 is 28.6 Å². The molecule has 0 spiro atoms. The Kier molecular flexibility index (Phi) is 8.34. The standard InChI is InChI=1S/C26H44N2O6Si2/c1-26(2,36(8,9)31)15-18-12-21-25(30)28(17-34-10-11-35(5,6)7)20-14-23(33-4)22(32-3)13-19(20)24(29)27(21)16-18/h13-14,18,21,31H,10-12,15-17H2,1-9H3/t18-,21-/m0/s1. The summed E-state index contributed by atoms with van der Waals surface area (Å²) >= 11 is 0. The van der Waals surface area contributed by atoms with Crippen molar-refractivity contribution in [3.05, 3.63) is 17.7 Å². The fourth-order valence-corrected chi connectivity index (χ4v) is 6.43. The average molecular weight is 537 g/mol. The van der Waals surface area contributed by atoms with Crippen LogP contribution in [0.1, 0.15) is 37.0 Å². The number of nitrogens with zero attached hydrogens (tertiary/aromatic N) is 2. The molecular weight excluding hydrogens is 492 g/mol. The van der Waals surface area contributed by atoms with Crippen LogP contribution in [0.3, 0.4) is 0 Å². The van der Waals surface area contributed by atoms with E-state index in [0.29, 0.717) is 42.3 Å². The Bertz CT molecular complexity index is 986. The zero-order chi connectivity index (χ0) is 27.1. The molecule has 202 valence electrons. The Hall–Kier alpha value is -1.89. The summed E-state index contributed by atoms with van der Waals surface area (Å²) < 4.78 is 17.0. The number of fused-ring (bicyclic) bond motifs is 2. The van der Waals surface area contributed by atoms with Gasteiger partial charge in [0.25, 0.3) is 11.8 Å². The monoisotopic (exact) mass is 536 g/mol. The molecule has 0 aromatic heterocycles. The molecule has 1 fully saturated rings. The van der Waals surface area contributed by atoms with Crippen molar-refractivity contribution in [3.63, 3.8) is 0 Å². The normalized spacial score (nSPS) is 20.8. The summed E-state index contributed by atoms with van der Waals surface area (Å²) in [4.78, 5) is 41.9. The molecule has 0 saturated carbocycles. The van der Waals surface area contributed by atoms with Gasteiger partial charge in [0.2, 0.25) is 0 Å². The molecule has 8 nitrogen and oxygen atoms in total. The van der Waals surface area contributed by atoms with Crippen LogP contribution in [0.2, 0.25) is 43.8 Å². The minimum atomic E-state index is -2.42. The molecule has 1 aromatic carbocycles. The van der Waals surface area contributed by atoms with Gasteiger partial charge in [-0.2, -0.15) is 0 Å². The first-order valence-corrected chi connectivity index (χ1v) is 19.4. The maximum absolute atomic E-state index is 13.9. The molecule has 36 heavy (non-hydrogen) atoms. The summed E-state index contributed by atoms with van der Waals surface area (Å²) in [6.07, 6.45) is 1.34. The van der Waals surface area contributed by atoms with E-state index < -0.39 is 22.4 Å². The van der Waals surface area contributed by atoms with Gasteiger partial charge in [-0.05, 0) is 49.0 Å². The largest absolute Gasteiger partial charge is 0.493 e. The summed E-state index contributed by atoms with van der Waals surface area (Å²) in [7, 11) is -0.646. The highest BCUT2D eigenvalue weighted by Gasteiger charge is 2.49. The van der Waals surface area contributed by atoms with Gasteiger partial charge in [0.15, 0.2) is 19.8 Å². The van der Waals surface area contributed by atoms with Crippen molar-refractivity contribution >= 4 is 33.9 Å². The van der Waals surface area contributed by atoms with Crippen LogP contribution in [0.5, 0.6) is 11.5 Å². The molecule has 2 atom stereocenters. The van der Waals surface area contributed by atoms with Crippen molar-refractivity contribution in [2.75, 3.05) is 39.0 Å². The van der Waals surface area contributed by atoms with Crippen molar-refractivity contribution in [1.82, 2.24) is 4.90 Å². The Morgan fingerprint density at radius 2 is 1.67 bits per heavy atom. The molecule has 1 aromatic rings. The minimum absolute atomic E-state index is 0.0795. The lowest BCUT2D eigenvalue weighted by molar-refractivity contribution is -0.123. The van der Waals surface area contributed by atoms with E-state index in [1.807, 2.05) is 13.1 Å². The summed E-state index contributed by atoms with van der Waals surface area (Å²) in [6, 6.07) is 3.79. The van der Waals surface area contributed by atoms with Crippen molar-refractivity contribution in [1.29, 1.82) is 0 Å². The third-order valence-corrected chi connectivity index (χ3v) is 13.1. The van der Waals surface area contributed by atoms with Crippen molar-refractivity contribution in [2.45, 2.75) is 76.5 Å². The molecule has 0 bridgehead atoms. The molecule has 0 radical (unpaired) electrons. The highest BCUT2D eigenvalue weighted by Crippen LogP contribution is 2.46. The Morgan fingerprint density at radius 1 is 1.06 bits per heavy atom. The second-order valence-electron chi connectivity index (χ2n) is 12.6. The van der Waals surface area contributed by atoms with Gasteiger partial charge < -0.3 is 23.9 Å². The van der Waals surface area contributed by atoms with E-state index in [9.17, 15) is 14.4 Å². The minimum Gasteiger partial charge on any atom is -0.493 e. The first kappa shape index (κ1) is 28.7. The van der Waals surface area contributed by atoms with Crippen LogP contribution in [0.15, 0.2) is 12.1 Å². The Labute approximate surface area is 218 Å². The van der Waals surface area contributed by atoms with Gasteiger partial charge >= 0.3 is 0 Å². The molecule has 0 aliphatic carbocycles. The predicted molar refractivity (Wildman–Crippen MR) is 147 cm³/mol. The summed E-state index contributed by atoms with van der Waals surface area (Å²) in [6.45, 7) is 16.1. The lowest BCUT2D eigenvalue weighted by Gasteiger charge is -2.37. The Balaban J connectivity index is 1.96. The van der Waals surface area contributed by atoms with Crippen LogP contribution < -0.4 is 14.4 Å². The smallest absolute Gasteiger partial charge is 0.256 e. The Morgan fingerprint density at radius 3 is 2.22 bits per heavy atom. The maximum Gasteiger partial charge on any atom is 0.256 e. The van der Waals surface area contributed by atoms with Gasteiger partial charge in [-0.15, -0.1) is 0 Å². The highest BCUT2D eigenvalue weighted by molar-refractivity contribution is 6.76. The second kappa shape index (κ2) is 10.5. The molecule has 2 amide bonds. The number of hydrogen-bond acceptors (Lipinski definition) is 6. The van der Waals surface area contributed by atoms with E-state index in [0.717, 1.165) is 12.5 Å². The molecule has 2 heterocycles. The first-order valence-electron chi connectivity index (χ1n) is 12.8. The lowest BCUT2D eigenvalue weighted by Crippen LogP contribution is -2.45. The molecule has 3 rings (SSSR count). The second-order valence-corrected chi connectivity index (χ2v) is 22.7. The van der Waals surface area contributed by atoms with Crippen molar-refractivity contribution in [3.8, 4) is 11.5 Å². The fraction of sp³-hybridized carbons (Fsp3) is 0.692. The number of methoxy groups -OCH3 is 2. The van der Waals surface area contributed by atoms with Crippen LogP contribution in [0.4, 0.5) is 5.69 Å². The van der Waals surface area contributed by atoms with Gasteiger partial charge in [0.05, 0.1) is 25.5 Å². The zero-order valence-corrected chi connectivity index (χ0v) is 25.4. The van der Waals surface area contributed by atoms with Crippen molar-refractivity contribution in [2.24, 2.45) is 5.92 Å². The molecule has 1 N–H and O–H groups in total. The van der Waals surface area contributed by atoms with E-state index in [1.54, 1.807) is 21.9 Å². The SMILES string of the molecule is COc1cc2c(cc1OC)N(COCC[Si](C)(C)C)C(=O)[C@@H]1C[C@@H](CC(C)(C)[Si](C)(C)O)CN1C2=O. The number of carbonyl (C=O) groups excluding carboxylic acids is 2. The van der Waals surface area contributed by atoms with Crippen LogP contribution in [0, 0.1) is 5.92 Å². The first-order chi connectivity index (χ1) is 16.6. The van der Waals surface area contributed by atoms with Gasteiger partial charge in [0, 0.05) is 27.3 Å². The molecule has 10 heteroatoms. The molecule has 2 aliphatic heterocycles. The van der Waals surface area contributed by atoms with Gasteiger partial charge in [-0.3, -0.25) is 14.5 Å². The van der Waals surface area contributed by atoms with E-state index in [2.05, 4.69) is 33.5 Å². The van der Waals surface area contributed by atoms with Gasteiger partial charge in [-0.25, -0.2) is 0 Å². The van der Waals surface area contributed by atoms with Crippen LogP contribution >= 0.6 is 0 Å². The molecule has 0 unspecified atom stereocenters. The maximum atomic E-state index is 13.9. The van der Waals surface area contributed by atoms with E-state index in [-0.39, 0.29) is 29.5 Å². The molecular formula is C26H44N2O6Si2. The number of amides is 2. The third kappa shape index (κ3) is 5.98. The van der Waals surface area contributed by atoms with Crippen LogP contribution in [-0.2, 0) is 9.53 Å². The van der Waals surface area contributed by atoms with Gasteiger partial charge in [-0.1, -0.05) is 33.5 Å². The summed E-state index contributed by atoms with van der Waals surface area (Å²) in [5.74, 6) is 0.715. The van der Waals surface area contributed by atoms with Crippen LogP contribution in [0.25, 0.3) is 0 Å². The summed E-state index contributed by atoms with van der Waals surface area (Å²) in [5.41, 5.74) is 0.903. The lowest BCUT2D eigenvalue weighted by atomic mass is 9.93. The van der Waals surface area contributed by atoms with E-state index in [1.165, 1.54) is 14.2 Å². The number of benzene rings is 1. The third-order valence-electron chi connectivity index (χ3n) is 7.89. The predicted octanol–water partition coefficient (Wildman–Crippen LogP) is 4.56. The zero-order valence-electron chi connectivity index (χ0n) is 23.4. The van der Waals surface area contributed by atoms with Crippen LogP contribution in [-0.4, -0.2) is 78.0 Å². The average Bonchev–Trinajstić information content (AvgIpc) is 3.16. The number of ether oxygens (including phenoxy) is 3. The number of carbonyl (C=O) groups is 2. The number of anilines is 1. The van der Waals surface area contributed by atoms with E-state index in [4.69, 9.17) is 14.2 Å².